The Bertz CT molecular complexity index is 535. The maximum Gasteiger partial charge on any atom is 0.410 e. The molecule has 120 valence electrons. The van der Waals surface area contributed by atoms with Gasteiger partial charge < -0.3 is 14.7 Å². The number of hydrogen-bond acceptors (Lipinski definition) is 3. The first-order valence-electron chi connectivity index (χ1n) is 7.53. The number of carboxylic acids is 1. The quantitative estimate of drug-likeness (QED) is 0.911. The first-order chi connectivity index (χ1) is 10.3. The van der Waals surface area contributed by atoms with Crippen molar-refractivity contribution in [1.82, 2.24) is 4.90 Å². The van der Waals surface area contributed by atoms with E-state index >= 15 is 0 Å². The fourth-order valence-electron chi connectivity index (χ4n) is 2.78. The summed E-state index contributed by atoms with van der Waals surface area (Å²) in [6, 6.07) is 9.51. The fraction of sp³-hybridized carbons (Fsp3) is 0.529. The molecule has 1 aromatic carbocycles. The van der Waals surface area contributed by atoms with Gasteiger partial charge in [0.05, 0.1) is 5.92 Å². The molecule has 5 heteroatoms. The van der Waals surface area contributed by atoms with Crippen LogP contribution in [0.1, 0.15) is 38.7 Å². The van der Waals surface area contributed by atoms with Crippen molar-refractivity contribution in [1.29, 1.82) is 0 Å². The summed E-state index contributed by atoms with van der Waals surface area (Å²) in [7, 11) is 0. The molecule has 1 unspecified atom stereocenters. The van der Waals surface area contributed by atoms with Crippen LogP contribution in [-0.4, -0.2) is 40.8 Å². The molecular weight excluding hydrogens is 282 g/mol. The number of carbonyl (C=O) groups is 2. The zero-order valence-electron chi connectivity index (χ0n) is 13.3. The highest BCUT2D eigenvalue weighted by atomic mass is 16.6. The first kappa shape index (κ1) is 16.3. The smallest absolute Gasteiger partial charge is 0.410 e. The van der Waals surface area contributed by atoms with E-state index in [1.807, 2.05) is 51.1 Å². The fourth-order valence-corrected chi connectivity index (χ4v) is 2.78. The standard InChI is InChI=1S/C17H23NO4/c1-17(2,3)22-16(21)18-10-9-13(15(19)20)14(11-18)12-7-5-4-6-8-12/h4-8,13-14H,9-11H2,1-3H3,(H,19,20)/t13?,14-/m0/s1. The second kappa shape index (κ2) is 6.38. The Morgan fingerprint density at radius 2 is 1.86 bits per heavy atom. The molecule has 1 N–H and O–H groups in total. The normalized spacial score (nSPS) is 22.2. The number of rotatable bonds is 2. The highest BCUT2D eigenvalue weighted by Crippen LogP contribution is 2.33. The second-order valence-corrected chi connectivity index (χ2v) is 6.68. The van der Waals surface area contributed by atoms with Gasteiger partial charge in [-0.25, -0.2) is 4.79 Å². The van der Waals surface area contributed by atoms with E-state index in [-0.39, 0.29) is 12.0 Å². The molecule has 1 aromatic rings. The van der Waals surface area contributed by atoms with Gasteiger partial charge in [0.2, 0.25) is 0 Å². The molecule has 2 rings (SSSR count). The Hall–Kier alpha value is -2.04. The summed E-state index contributed by atoms with van der Waals surface area (Å²) in [5.74, 6) is -1.49. The van der Waals surface area contributed by atoms with E-state index in [2.05, 4.69) is 0 Å². The Kier molecular flexibility index (Phi) is 4.74. The number of aliphatic carboxylic acids is 1. The van der Waals surface area contributed by atoms with Gasteiger partial charge in [-0.1, -0.05) is 30.3 Å². The molecule has 2 atom stereocenters. The maximum atomic E-state index is 12.2. The predicted octanol–water partition coefficient (Wildman–Crippen LogP) is 3.11. The molecule has 0 saturated carbocycles. The lowest BCUT2D eigenvalue weighted by atomic mass is 9.81. The van der Waals surface area contributed by atoms with E-state index in [1.54, 1.807) is 4.90 Å². The number of piperidine rings is 1. The summed E-state index contributed by atoms with van der Waals surface area (Å²) in [5.41, 5.74) is 0.395. The molecule has 1 amide bonds. The number of carboxylic acid groups (broad SMARTS) is 1. The number of carbonyl (C=O) groups excluding carboxylic acids is 1. The van der Waals surface area contributed by atoms with Crippen molar-refractivity contribution in [3.63, 3.8) is 0 Å². The molecule has 0 bridgehead atoms. The van der Waals surface area contributed by atoms with Crippen molar-refractivity contribution < 1.29 is 19.4 Å². The molecule has 0 radical (unpaired) electrons. The van der Waals surface area contributed by atoms with Gasteiger partial charge in [-0.05, 0) is 32.8 Å². The van der Waals surface area contributed by atoms with Crippen LogP contribution in [0.5, 0.6) is 0 Å². The molecule has 0 aromatic heterocycles. The second-order valence-electron chi connectivity index (χ2n) is 6.68. The average Bonchev–Trinajstić information content (AvgIpc) is 2.45. The SMILES string of the molecule is CC(C)(C)OC(=O)N1CCC(C(=O)O)[C@H](c2ccccc2)C1. The lowest BCUT2D eigenvalue weighted by molar-refractivity contribution is -0.144. The van der Waals surface area contributed by atoms with Crippen LogP contribution < -0.4 is 0 Å². The highest BCUT2D eigenvalue weighted by Gasteiger charge is 2.37. The van der Waals surface area contributed by atoms with Gasteiger partial charge in [0.15, 0.2) is 0 Å². The van der Waals surface area contributed by atoms with Gasteiger partial charge in [-0.2, -0.15) is 0 Å². The van der Waals surface area contributed by atoms with E-state index in [0.29, 0.717) is 19.5 Å². The van der Waals surface area contributed by atoms with E-state index in [9.17, 15) is 14.7 Å². The average molecular weight is 305 g/mol. The van der Waals surface area contributed by atoms with Crippen LogP contribution in [0.3, 0.4) is 0 Å². The molecule has 0 spiro atoms. The number of ether oxygens (including phenoxy) is 1. The van der Waals surface area contributed by atoms with Crippen molar-refractivity contribution in [2.24, 2.45) is 5.92 Å². The van der Waals surface area contributed by atoms with Crippen molar-refractivity contribution in [3.05, 3.63) is 35.9 Å². The third-order valence-electron chi connectivity index (χ3n) is 3.81. The summed E-state index contributed by atoms with van der Waals surface area (Å²) >= 11 is 0. The number of likely N-dealkylation sites (tertiary alicyclic amines) is 1. The lowest BCUT2D eigenvalue weighted by Gasteiger charge is -2.37. The van der Waals surface area contributed by atoms with Crippen LogP contribution in [-0.2, 0) is 9.53 Å². The predicted molar refractivity (Wildman–Crippen MR) is 82.7 cm³/mol. The number of hydrogen-bond donors (Lipinski definition) is 1. The summed E-state index contributed by atoms with van der Waals surface area (Å²) in [6.45, 7) is 6.25. The molecule has 1 saturated heterocycles. The van der Waals surface area contributed by atoms with Crippen LogP contribution in [0.2, 0.25) is 0 Å². The van der Waals surface area contributed by atoms with Gasteiger partial charge in [-0.3, -0.25) is 4.79 Å². The molecular formula is C17H23NO4. The topological polar surface area (TPSA) is 66.8 Å². The third-order valence-corrected chi connectivity index (χ3v) is 3.81. The summed E-state index contributed by atoms with van der Waals surface area (Å²) in [5, 5.41) is 9.45. The summed E-state index contributed by atoms with van der Waals surface area (Å²) < 4.78 is 5.40. The number of benzene rings is 1. The number of nitrogens with zero attached hydrogens (tertiary/aromatic N) is 1. The number of amides is 1. The Morgan fingerprint density at radius 3 is 2.41 bits per heavy atom. The first-order valence-corrected chi connectivity index (χ1v) is 7.53. The minimum atomic E-state index is -0.808. The van der Waals surface area contributed by atoms with Gasteiger partial charge in [0, 0.05) is 19.0 Å². The Labute approximate surface area is 130 Å². The van der Waals surface area contributed by atoms with Crippen LogP contribution >= 0.6 is 0 Å². The minimum absolute atomic E-state index is 0.208. The van der Waals surface area contributed by atoms with E-state index in [4.69, 9.17) is 4.74 Å². The third kappa shape index (κ3) is 4.00. The largest absolute Gasteiger partial charge is 0.481 e. The van der Waals surface area contributed by atoms with E-state index < -0.39 is 17.5 Å². The molecule has 22 heavy (non-hydrogen) atoms. The monoisotopic (exact) mass is 305 g/mol. The van der Waals surface area contributed by atoms with Gasteiger partial charge >= 0.3 is 12.1 Å². The van der Waals surface area contributed by atoms with Crippen molar-refractivity contribution >= 4 is 12.1 Å². The van der Waals surface area contributed by atoms with Crippen molar-refractivity contribution in [3.8, 4) is 0 Å². The summed E-state index contributed by atoms with van der Waals surface area (Å²) in [6.07, 6.45) is 0.0611. The lowest BCUT2D eigenvalue weighted by Crippen LogP contribution is -2.46. The van der Waals surface area contributed by atoms with Gasteiger partial charge in [-0.15, -0.1) is 0 Å². The molecule has 1 heterocycles. The zero-order valence-corrected chi connectivity index (χ0v) is 13.3. The van der Waals surface area contributed by atoms with Crippen LogP contribution in [0.4, 0.5) is 4.79 Å². The summed E-state index contributed by atoms with van der Waals surface area (Å²) in [4.78, 5) is 25.3. The molecule has 0 aliphatic carbocycles. The molecule has 1 aliphatic rings. The molecule has 1 aliphatic heterocycles. The van der Waals surface area contributed by atoms with Crippen molar-refractivity contribution in [2.45, 2.75) is 38.7 Å². The minimum Gasteiger partial charge on any atom is -0.481 e. The van der Waals surface area contributed by atoms with Crippen LogP contribution in [0.25, 0.3) is 0 Å². The van der Waals surface area contributed by atoms with Crippen LogP contribution in [0.15, 0.2) is 30.3 Å². The van der Waals surface area contributed by atoms with Crippen LogP contribution in [0, 0.1) is 5.92 Å². The molecule has 1 fully saturated rings. The molecule has 5 nitrogen and oxygen atoms in total. The van der Waals surface area contributed by atoms with E-state index in [1.165, 1.54) is 0 Å². The van der Waals surface area contributed by atoms with Gasteiger partial charge in [0.1, 0.15) is 5.60 Å². The van der Waals surface area contributed by atoms with Gasteiger partial charge in [0.25, 0.3) is 0 Å². The van der Waals surface area contributed by atoms with Crippen molar-refractivity contribution in [2.75, 3.05) is 13.1 Å². The Balaban J connectivity index is 2.17. The maximum absolute atomic E-state index is 12.2. The zero-order chi connectivity index (χ0) is 16.3. The Morgan fingerprint density at radius 1 is 1.23 bits per heavy atom. The van der Waals surface area contributed by atoms with E-state index in [0.717, 1.165) is 5.56 Å². The highest BCUT2D eigenvalue weighted by molar-refractivity contribution is 5.73.